The van der Waals surface area contributed by atoms with Gasteiger partial charge >= 0.3 is 0 Å². The van der Waals surface area contributed by atoms with E-state index in [1.165, 1.54) is 6.92 Å². The number of carbonyl (C=O) groups is 3. The number of amides is 2. The molecule has 0 aromatic heterocycles. The quantitative estimate of drug-likeness (QED) is 0.601. The van der Waals surface area contributed by atoms with Gasteiger partial charge in [-0.2, -0.15) is 0 Å². The Morgan fingerprint density at radius 1 is 1.11 bits per heavy atom. The van der Waals surface area contributed by atoms with Crippen molar-refractivity contribution in [2.24, 2.45) is 11.7 Å². The minimum atomic E-state index is -0.833. The summed E-state index contributed by atoms with van der Waals surface area (Å²) >= 11 is 0. The van der Waals surface area contributed by atoms with Crippen LogP contribution in [0.25, 0.3) is 0 Å². The molecule has 1 saturated heterocycles. The molecule has 1 heterocycles. The molecule has 0 saturated carbocycles. The maximum Gasteiger partial charge on any atom is 0.300 e. The van der Waals surface area contributed by atoms with Gasteiger partial charge in [-0.05, 0) is 24.0 Å². The van der Waals surface area contributed by atoms with E-state index >= 15 is 0 Å². The van der Waals surface area contributed by atoms with Crippen LogP contribution >= 0.6 is 0 Å². The van der Waals surface area contributed by atoms with Crippen LogP contribution < -0.4 is 11.1 Å². The highest BCUT2D eigenvalue weighted by atomic mass is 16.4. The normalized spacial score (nSPS) is 19.3. The molecular weight excluding hydrogens is 350 g/mol. The molecule has 1 aromatic carbocycles. The summed E-state index contributed by atoms with van der Waals surface area (Å²) < 4.78 is 0. The van der Waals surface area contributed by atoms with Crippen LogP contribution in [0.1, 0.15) is 37.8 Å². The molecule has 150 valence electrons. The molecule has 2 atom stereocenters. The smallest absolute Gasteiger partial charge is 0.300 e. The Labute approximate surface area is 159 Å². The third-order valence-electron chi connectivity index (χ3n) is 4.27. The van der Waals surface area contributed by atoms with Gasteiger partial charge in [-0.1, -0.05) is 24.3 Å². The summed E-state index contributed by atoms with van der Waals surface area (Å²) in [7, 11) is 0. The van der Waals surface area contributed by atoms with Gasteiger partial charge in [0.1, 0.15) is 0 Å². The zero-order chi connectivity index (χ0) is 20.4. The van der Waals surface area contributed by atoms with Crippen LogP contribution in [0.15, 0.2) is 24.3 Å². The van der Waals surface area contributed by atoms with E-state index in [0.29, 0.717) is 26.1 Å². The Morgan fingerprint density at radius 3 is 2.19 bits per heavy atom. The van der Waals surface area contributed by atoms with Gasteiger partial charge < -0.3 is 26.2 Å². The number of nitrogens with two attached hydrogens (primary N) is 1. The fraction of sp³-hybridized carbons (Fsp3) is 0.526. The predicted molar refractivity (Wildman–Crippen MR) is 100 cm³/mol. The van der Waals surface area contributed by atoms with Crippen molar-refractivity contribution in [1.29, 1.82) is 0 Å². The second-order valence-electron chi connectivity index (χ2n) is 6.67. The van der Waals surface area contributed by atoms with Gasteiger partial charge in [0.15, 0.2) is 0 Å². The van der Waals surface area contributed by atoms with E-state index in [4.69, 9.17) is 20.7 Å². The van der Waals surface area contributed by atoms with E-state index in [1.807, 2.05) is 24.3 Å². The van der Waals surface area contributed by atoms with E-state index in [0.717, 1.165) is 24.5 Å². The molecular formula is C19H29N3O5. The molecule has 1 fully saturated rings. The molecule has 0 aliphatic carbocycles. The maximum atomic E-state index is 12.4. The van der Waals surface area contributed by atoms with Crippen molar-refractivity contribution < 1.29 is 24.6 Å². The number of carboxylic acid groups (broad SMARTS) is 1. The molecule has 0 unspecified atom stereocenters. The molecule has 8 heteroatoms. The number of benzene rings is 1. The second kappa shape index (κ2) is 11.3. The molecule has 2 rings (SSSR count). The van der Waals surface area contributed by atoms with Crippen molar-refractivity contribution in [3.63, 3.8) is 0 Å². The van der Waals surface area contributed by atoms with Crippen LogP contribution in [0.5, 0.6) is 0 Å². The van der Waals surface area contributed by atoms with Gasteiger partial charge in [0.25, 0.3) is 5.97 Å². The Hall–Kier alpha value is -2.45. The van der Waals surface area contributed by atoms with Crippen LogP contribution in [0.3, 0.4) is 0 Å². The first-order valence-corrected chi connectivity index (χ1v) is 8.90. The molecule has 27 heavy (non-hydrogen) atoms. The standard InChI is InChI=1S/C17H25N3O3.C2H4O2/c1-12(22)20-9-15(6-7-16(18)10-20)17(23)19-8-13-2-4-14(11-21)5-3-13;1-2(3)4/h2-5,15-16,21H,6-11,18H2,1H3,(H,19,23);1H3,(H,3,4)/t15-,16+;/m1./s1. The first-order chi connectivity index (χ1) is 12.7. The first kappa shape index (κ1) is 22.6. The Morgan fingerprint density at radius 2 is 1.67 bits per heavy atom. The lowest BCUT2D eigenvalue weighted by Gasteiger charge is -2.23. The minimum Gasteiger partial charge on any atom is -0.481 e. The van der Waals surface area contributed by atoms with Gasteiger partial charge in [-0.15, -0.1) is 0 Å². The number of nitrogens with one attached hydrogen (secondary N) is 1. The van der Waals surface area contributed by atoms with Gasteiger partial charge in [-0.3, -0.25) is 14.4 Å². The average molecular weight is 379 g/mol. The van der Waals surface area contributed by atoms with E-state index < -0.39 is 5.97 Å². The summed E-state index contributed by atoms with van der Waals surface area (Å²) in [5.74, 6) is -1.14. The minimum absolute atomic E-state index is 0.00977. The molecule has 5 N–H and O–H groups in total. The van der Waals surface area contributed by atoms with Gasteiger partial charge in [0.2, 0.25) is 11.8 Å². The third-order valence-corrected chi connectivity index (χ3v) is 4.27. The third kappa shape index (κ3) is 8.65. The first-order valence-electron chi connectivity index (χ1n) is 8.90. The summed E-state index contributed by atoms with van der Waals surface area (Å²) in [4.78, 5) is 34.7. The Kier molecular flexibility index (Phi) is 9.46. The molecule has 1 aromatic rings. The van der Waals surface area contributed by atoms with Crippen molar-refractivity contribution in [1.82, 2.24) is 10.2 Å². The molecule has 0 radical (unpaired) electrons. The van der Waals surface area contributed by atoms with E-state index in [9.17, 15) is 9.59 Å². The zero-order valence-electron chi connectivity index (χ0n) is 15.9. The summed E-state index contributed by atoms with van der Waals surface area (Å²) in [5, 5.41) is 19.4. The van der Waals surface area contributed by atoms with Crippen LogP contribution in [0.2, 0.25) is 0 Å². The molecule has 2 amide bonds. The number of rotatable bonds is 4. The summed E-state index contributed by atoms with van der Waals surface area (Å²) in [6.45, 7) is 3.98. The predicted octanol–water partition coefficient (Wildman–Crippen LogP) is 0.472. The largest absolute Gasteiger partial charge is 0.481 e. The highest BCUT2D eigenvalue weighted by molar-refractivity contribution is 5.80. The summed E-state index contributed by atoms with van der Waals surface area (Å²) in [6.07, 6.45) is 1.44. The number of nitrogens with zero attached hydrogens (tertiary/aromatic N) is 1. The van der Waals surface area contributed by atoms with Crippen LogP contribution in [0.4, 0.5) is 0 Å². The van der Waals surface area contributed by atoms with Crippen molar-refractivity contribution in [2.75, 3.05) is 13.1 Å². The van der Waals surface area contributed by atoms with Crippen LogP contribution in [0, 0.1) is 5.92 Å². The number of likely N-dealkylation sites (tertiary alicyclic amines) is 1. The monoisotopic (exact) mass is 379 g/mol. The number of aliphatic hydroxyl groups excluding tert-OH is 1. The molecule has 1 aliphatic rings. The van der Waals surface area contributed by atoms with Crippen LogP contribution in [-0.2, 0) is 27.5 Å². The molecule has 0 spiro atoms. The summed E-state index contributed by atoms with van der Waals surface area (Å²) in [5.41, 5.74) is 7.79. The summed E-state index contributed by atoms with van der Waals surface area (Å²) in [6, 6.07) is 7.38. The number of carboxylic acids is 1. The van der Waals surface area contributed by atoms with E-state index in [1.54, 1.807) is 4.90 Å². The number of aliphatic carboxylic acids is 1. The molecule has 0 bridgehead atoms. The lowest BCUT2D eigenvalue weighted by atomic mass is 10.0. The number of carbonyl (C=O) groups excluding carboxylic acids is 2. The van der Waals surface area contributed by atoms with Gasteiger partial charge in [0.05, 0.1) is 12.5 Å². The SMILES string of the molecule is CC(=O)N1C[C@@H](N)CC[C@@H](C(=O)NCc2ccc(CO)cc2)C1.CC(=O)O. The Balaban J connectivity index is 0.000000828. The highest BCUT2D eigenvalue weighted by Crippen LogP contribution is 2.17. The number of hydrogen-bond acceptors (Lipinski definition) is 5. The lowest BCUT2D eigenvalue weighted by Crippen LogP contribution is -2.42. The maximum absolute atomic E-state index is 12.4. The number of aliphatic hydroxyl groups is 1. The second-order valence-corrected chi connectivity index (χ2v) is 6.67. The number of hydrogen-bond donors (Lipinski definition) is 4. The fourth-order valence-corrected chi connectivity index (χ4v) is 2.79. The fourth-order valence-electron chi connectivity index (χ4n) is 2.79. The highest BCUT2D eigenvalue weighted by Gasteiger charge is 2.28. The topological polar surface area (TPSA) is 133 Å². The van der Waals surface area contributed by atoms with Crippen molar-refractivity contribution in [3.8, 4) is 0 Å². The van der Waals surface area contributed by atoms with Crippen molar-refractivity contribution in [2.45, 2.75) is 45.9 Å². The molecule has 1 aliphatic heterocycles. The van der Waals surface area contributed by atoms with E-state index in [-0.39, 0.29) is 30.4 Å². The van der Waals surface area contributed by atoms with Crippen molar-refractivity contribution >= 4 is 17.8 Å². The lowest BCUT2D eigenvalue weighted by molar-refractivity contribution is -0.134. The van der Waals surface area contributed by atoms with Crippen LogP contribution in [-0.4, -0.2) is 52.0 Å². The molecule has 8 nitrogen and oxygen atoms in total. The van der Waals surface area contributed by atoms with E-state index in [2.05, 4.69) is 5.32 Å². The van der Waals surface area contributed by atoms with Gasteiger partial charge in [0, 0.05) is 39.5 Å². The van der Waals surface area contributed by atoms with Gasteiger partial charge in [-0.25, -0.2) is 0 Å². The Bertz CT molecular complexity index is 629. The van der Waals surface area contributed by atoms with Crippen molar-refractivity contribution in [3.05, 3.63) is 35.4 Å². The zero-order valence-corrected chi connectivity index (χ0v) is 15.9. The average Bonchev–Trinajstić information content (AvgIpc) is 2.81.